The number of halogens is 3. The number of hydrogen-bond acceptors (Lipinski definition) is 2. The number of aryl methyl sites for hydroxylation is 1. The fourth-order valence-corrected chi connectivity index (χ4v) is 3.18. The van der Waals surface area contributed by atoms with Crippen LogP contribution in [0.3, 0.4) is 0 Å². The third kappa shape index (κ3) is 3.99. The van der Waals surface area contributed by atoms with Crippen LogP contribution in [0.25, 0.3) is 17.0 Å². The Morgan fingerprint density at radius 1 is 1.21 bits per heavy atom. The molecule has 0 fully saturated rings. The maximum atomic E-state index is 13.1. The number of nitriles is 1. The molecule has 2 aromatic carbocycles. The predicted octanol–water partition coefficient (Wildman–Crippen LogP) is 5.78. The number of nitrogens with zero attached hydrogens (tertiary/aromatic N) is 2. The van der Waals surface area contributed by atoms with Crippen LogP contribution in [0.5, 0.6) is 0 Å². The molecular formula is C22H17F3N2O. The largest absolute Gasteiger partial charge is 0.416 e. The van der Waals surface area contributed by atoms with Crippen LogP contribution in [0.1, 0.15) is 34.0 Å². The number of hydrogen-bond donors (Lipinski definition) is 0. The molecule has 0 spiro atoms. The van der Waals surface area contributed by atoms with E-state index in [1.54, 1.807) is 44.3 Å². The van der Waals surface area contributed by atoms with Crippen LogP contribution < -0.4 is 0 Å². The molecule has 0 radical (unpaired) electrons. The Morgan fingerprint density at radius 2 is 1.93 bits per heavy atom. The van der Waals surface area contributed by atoms with Crippen molar-refractivity contribution in [1.29, 1.82) is 5.26 Å². The zero-order chi connectivity index (χ0) is 20.5. The molecule has 1 aromatic heterocycles. The van der Waals surface area contributed by atoms with Gasteiger partial charge in [0, 0.05) is 22.7 Å². The molecule has 0 aliphatic carbocycles. The Morgan fingerprint density at radius 3 is 2.61 bits per heavy atom. The predicted molar refractivity (Wildman–Crippen MR) is 102 cm³/mol. The van der Waals surface area contributed by atoms with Crippen LogP contribution in [0.4, 0.5) is 13.2 Å². The van der Waals surface area contributed by atoms with Gasteiger partial charge in [-0.15, -0.1) is 0 Å². The molecule has 0 bridgehead atoms. The second-order valence-corrected chi connectivity index (χ2v) is 6.69. The molecule has 0 amide bonds. The Kier molecular flexibility index (Phi) is 5.10. The average Bonchev–Trinajstić information content (AvgIpc) is 2.99. The van der Waals surface area contributed by atoms with E-state index in [0.29, 0.717) is 27.8 Å². The van der Waals surface area contributed by atoms with E-state index in [4.69, 9.17) is 5.26 Å². The lowest BCUT2D eigenvalue weighted by atomic mass is 10.0. The van der Waals surface area contributed by atoms with Crippen molar-refractivity contribution >= 4 is 22.9 Å². The molecule has 0 N–H and O–H groups in total. The Bertz CT molecular complexity index is 1130. The summed E-state index contributed by atoms with van der Waals surface area (Å²) in [5.74, 6) is -0.343. The Hall–Kier alpha value is -3.33. The maximum Gasteiger partial charge on any atom is 0.416 e. The van der Waals surface area contributed by atoms with E-state index in [9.17, 15) is 18.0 Å². The van der Waals surface area contributed by atoms with Gasteiger partial charge in [0.1, 0.15) is 0 Å². The summed E-state index contributed by atoms with van der Waals surface area (Å²) in [5.41, 5.74) is 1.84. The van der Waals surface area contributed by atoms with E-state index >= 15 is 0 Å². The number of aromatic nitrogens is 1. The fourth-order valence-electron chi connectivity index (χ4n) is 3.18. The Labute approximate surface area is 160 Å². The van der Waals surface area contributed by atoms with Crippen molar-refractivity contribution in [2.75, 3.05) is 0 Å². The van der Waals surface area contributed by atoms with Crippen LogP contribution in [0, 0.1) is 18.3 Å². The van der Waals surface area contributed by atoms with Crippen molar-refractivity contribution in [3.8, 4) is 6.07 Å². The van der Waals surface area contributed by atoms with E-state index < -0.39 is 11.7 Å². The number of rotatable bonds is 3. The monoisotopic (exact) mass is 382 g/mol. The van der Waals surface area contributed by atoms with E-state index in [1.807, 2.05) is 18.2 Å². The van der Waals surface area contributed by atoms with Crippen molar-refractivity contribution in [2.24, 2.45) is 0 Å². The summed E-state index contributed by atoms with van der Waals surface area (Å²) in [6.07, 6.45) is -1.32. The first-order valence-electron chi connectivity index (χ1n) is 8.58. The van der Waals surface area contributed by atoms with Gasteiger partial charge in [-0.25, -0.2) is 0 Å². The normalized spacial score (nSPS) is 12.2. The van der Waals surface area contributed by atoms with Crippen molar-refractivity contribution in [3.05, 3.63) is 76.5 Å². The number of para-hydroxylation sites is 1. The van der Waals surface area contributed by atoms with Gasteiger partial charge < -0.3 is 0 Å². The molecule has 0 saturated carbocycles. The second-order valence-electron chi connectivity index (χ2n) is 6.69. The lowest BCUT2D eigenvalue weighted by molar-refractivity contribution is -0.137. The minimum Gasteiger partial charge on any atom is -0.286 e. The number of benzene rings is 2. The van der Waals surface area contributed by atoms with Crippen molar-refractivity contribution in [3.63, 3.8) is 0 Å². The SMILES string of the molecule is C/C(C#N)=C/c1cn(C(=O)Cc2cc(C)cc(C(F)(F)F)c2)c2ccccc12. The highest BCUT2D eigenvalue weighted by Crippen LogP contribution is 2.31. The molecule has 1 heterocycles. The van der Waals surface area contributed by atoms with E-state index in [0.717, 1.165) is 17.5 Å². The molecular weight excluding hydrogens is 365 g/mol. The zero-order valence-electron chi connectivity index (χ0n) is 15.3. The van der Waals surface area contributed by atoms with Gasteiger partial charge in [-0.2, -0.15) is 18.4 Å². The molecule has 3 aromatic rings. The minimum atomic E-state index is -4.46. The molecule has 142 valence electrons. The van der Waals surface area contributed by atoms with E-state index in [-0.39, 0.29) is 12.3 Å². The van der Waals surface area contributed by atoms with E-state index in [1.165, 1.54) is 4.57 Å². The lowest BCUT2D eigenvalue weighted by Gasteiger charge is -2.11. The summed E-state index contributed by atoms with van der Waals surface area (Å²) in [7, 11) is 0. The molecule has 6 heteroatoms. The quantitative estimate of drug-likeness (QED) is 0.539. The van der Waals surface area contributed by atoms with Crippen molar-refractivity contribution in [2.45, 2.75) is 26.4 Å². The molecule has 0 aliphatic heterocycles. The molecule has 0 atom stereocenters. The van der Waals surface area contributed by atoms with Crippen molar-refractivity contribution < 1.29 is 18.0 Å². The van der Waals surface area contributed by atoms with Gasteiger partial charge in [0.05, 0.1) is 23.6 Å². The molecule has 0 saturated heterocycles. The van der Waals surface area contributed by atoms with Gasteiger partial charge >= 0.3 is 6.18 Å². The number of allylic oxidation sites excluding steroid dienone is 1. The summed E-state index contributed by atoms with van der Waals surface area (Å²) < 4.78 is 40.6. The lowest BCUT2D eigenvalue weighted by Crippen LogP contribution is -2.13. The fraction of sp³-hybridized carbons (Fsp3) is 0.182. The van der Waals surface area contributed by atoms with Crippen LogP contribution in [-0.4, -0.2) is 10.5 Å². The van der Waals surface area contributed by atoms with Crippen LogP contribution in [-0.2, 0) is 12.6 Å². The summed E-state index contributed by atoms with van der Waals surface area (Å²) in [4.78, 5) is 12.9. The van der Waals surface area contributed by atoms with Crippen LogP contribution in [0.2, 0.25) is 0 Å². The second kappa shape index (κ2) is 7.35. The summed E-state index contributed by atoms with van der Waals surface area (Å²) in [5, 5.41) is 9.81. The summed E-state index contributed by atoms with van der Waals surface area (Å²) >= 11 is 0. The first kappa shape index (κ1) is 19.4. The molecule has 0 aliphatic rings. The van der Waals surface area contributed by atoms with Gasteiger partial charge in [-0.3, -0.25) is 9.36 Å². The number of carbonyl (C=O) groups is 1. The Balaban J connectivity index is 2.02. The first-order chi connectivity index (χ1) is 13.2. The number of alkyl halides is 3. The third-order valence-corrected chi connectivity index (χ3v) is 4.38. The molecule has 28 heavy (non-hydrogen) atoms. The van der Waals surface area contributed by atoms with Gasteiger partial charge in [0.2, 0.25) is 5.91 Å². The highest BCUT2D eigenvalue weighted by Gasteiger charge is 2.31. The molecule has 3 nitrogen and oxygen atoms in total. The maximum absolute atomic E-state index is 13.1. The highest BCUT2D eigenvalue weighted by atomic mass is 19.4. The van der Waals surface area contributed by atoms with E-state index in [2.05, 4.69) is 0 Å². The van der Waals surface area contributed by atoms with Crippen LogP contribution >= 0.6 is 0 Å². The third-order valence-electron chi connectivity index (χ3n) is 4.38. The minimum absolute atomic E-state index is 0.163. The number of carbonyl (C=O) groups excluding carboxylic acids is 1. The standard InChI is InChI=1S/C22H17F3N2O/c1-14-7-16(10-18(9-14)22(23,24)25)11-21(28)27-13-17(8-15(2)12-26)19-5-3-4-6-20(19)27/h3-10,13H,11H2,1-2H3/b15-8-. The highest BCUT2D eigenvalue weighted by molar-refractivity contribution is 5.98. The zero-order valence-corrected chi connectivity index (χ0v) is 15.3. The van der Waals surface area contributed by atoms with Gasteiger partial charge in [0.15, 0.2) is 0 Å². The summed E-state index contributed by atoms with van der Waals surface area (Å²) in [6, 6.07) is 12.9. The number of fused-ring (bicyclic) bond motifs is 1. The molecule has 3 rings (SSSR count). The average molecular weight is 382 g/mol. The van der Waals surface area contributed by atoms with Crippen molar-refractivity contribution in [1.82, 2.24) is 4.57 Å². The molecule has 0 unspecified atom stereocenters. The first-order valence-corrected chi connectivity index (χ1v) is 8.58. The van der Waals surface area contributed by atoms with Crippen LogP contribution in [0.15, 0.2) is 54.2 Å². The van der Waals surface area contributed by atoms with Gasteiger partial charge in [0.25, 0.3) is 0 Å². The van der Waals surface area contributed by atoms with Gasteiger partial charge in [-0.05, 0) is 43.7 Å². The van der Waals surface area contributed by atoms with Gasteiger partial charge in [-0.1, -0.05) is 29.8 Å². The topological polar surface area (TPSA) is 45.8 Å². The summed E-state index contributed by atoms with van der Waals surface area (Å²) in [6.45, 7) is 3.24. The smallest absolute Gasteiger partial charge is 0.286 e.